The van der Waals surface area contributed by atoms with Crippen molar-refractivity contribution in [1.29, 1.82) is 0 Å². The van der Waals surface area contributed by atoms with Crippen molar-refractivity contribution < 1.29 is 0 Å². The van der Waals surface area contributed by atoms with Crippen LogP contribution in [0.3, 0.4) is 0 Å². The van der Waals surface area contributed by atoms with Crippen molar-refractivity contribution in [3.05, 3.63) is 89.4 Å². The number of thiazole rings is 1. The molecule has 0 aliphatic rings. The molecule has 0 aliphatic heterocycles. The van der Waals surface area contributed by atoms with Gasteiger partial charge in [0, 0.05) is 10.9 Å². The van der Waals surface area contributed by atoms with Crippen LogP contribution in [0.1, 0.15) is 17.3 Å². The fourth-order valence-corrected chi connectivity index (χ4v) is 3.34. The lowest BCUT2D eigenvalue weighted by molar-refractivity contribution is 0.840. The predicted molar refractivity (Wildman–Crippen MR) is 105 cm³/mol. The highest BCUT2D eigenvalue weighted by atomic mass is 32.1. The number of nitrogens with one attached hydrogen (secondary N) is 1. The van der Waals surface area contributed by atoms with E-state index in [1.807, 2.05) is 78.2 Å². The van der Waals surface area contributed by atoms with Crippen molar-refractivity contribution in [3.8, 4) is 11.3 Å². The van der Waals surface area contributed by atoms with Crippen molar-refractivity contribution in [2.45, 2.75) is 6.04 Å². The van der Waals surface area contributed by atoms with Gasteiger partial charge in [-0.15, -0.1) is 21.5 Å². The molecule has 2 aromatic carbocycles. The number of benzene rings is 2. The Bertz CT molecular complexity index is 968. The third kappa shape index (κ3) is 3.61. The molecule has 128 valence electrons. The van der Waals surface area contributed by atoms with Crippen molar-refractivity contribution in [2.24, 2.45) is 5.73 Å². The first-order chi connectivity index (χ1) is 12.8. The molecule has 6 heteroatoms. The standard InChI is InChI=1S/C20H17N5S/c21-19(15-9-5-2-6-10-15)17-13-26-20(22-17)23-18-12-11-16(24-25-18)14-7-3-1-4-8-14/h1-13,19H,21H2,(H,22,23,25). The summed E-state index contributed by atoms with van der Waals surface area (Å²) in [4.78, 5) is 4.58. The van der Waals surface area contributed by atoms with Gasteiger partial charge >= 0.3 is 0 Å². The molecule has 0 bridgehead atoms. The fourth-order valence-electron chi connectivity index (χ4n) is 2.59. The predicted octanol–water partition coefficient (Wildman–Crippen LogP) is 4.39. The summed E-state index contributed by atoms with van der Waals surface area (Å²) in [6.45, 7) is 0. The maximum Gasteiger partial charge on any atom is 0.188 e. The third-order valence-corrected chi connectivity index (χ3v) is 4.74. The minimum Gasteiger partial charge on any atom is -0.319 e. The van der Waals surface area contributed by atoms with Gasteiger partial charge in [-0.05, 0) is 17.7 Å². The number of hydrogen-bond donors (Lipinski definition) is 2. The van der Waals surface area contributed by atoms with E-state index in [0.29, 0.717) is 5.82 Å². The molecule has 2 heterocycles. The maximum absolute atomic E-state index is 6.30. The molecule has 0 fully saturated rings. The van der Waals surface area contributed by atoms with Crippen LogP contribution in [0.2, 0.25) is 0 Å². The van der Waals surface area contributed by atoms with Crippen molar-refractivity contribution >= 4 is 22.3 Å². The minimum absolute atomic E-state index is 0.241. The molecule has 0 saturated heterocycles. The number of nitrogens with two attached hydrogens (primary N) is 1. The molecular formula is C20H17N5S. The summed E-state index contributed by atoms with van der Waals surface area (Å²) in [5.41, 5.74) is 10.0. The Hall–Kier alpha value is -3.09. The van der Waals surface area contributed by atoms with Crippen LogP contribution in [0.4, 0.5) is 10.9 Å². The largest absolute Gasteiger partial charge is 0.319 e. The molecular weight excluding hydrogens is 342 g/mol. The number of rotatable bonds is 5. The maximum atomic E-state index is 6.30. The van der Waals surface area contributed by atoms with Crippen LogP contribution in [0.15, 0.2) is 78.2 Å². The lowest BCUT2D eigenvalue weighted by Gasteiger charge is -2.08. The first-order valence-electron chi connectivity index (χ1n) is 8.22. The van der Waals surface area contributed by atoms with Gasteiger partial charge in [-0.2, -0.15) is 0 Å². The first-order valence-corrected chi connectivity index (χ1v) is 9.10. The Morgan fingerprint density at radius 2 is 1.58 bits per heavy atom. The molecule has 0 amide bonds. The lowest BCUT2D eigenvalue weighted by Crippen LogP contribution is -2.12. The second-order valence-corrected chi connectivity index (χ2v) is 6.62. The van der Waals surface area contributed by atoms with E-state index in [9.17, 15) is 0 Å². The third-order valence-electron chi connectivity index (χ3n) is 3.97. The minimum atomic E-state index is -0.241. The van der Waals surface area contributed by atoms with Gasteiger partial charge in [-0.1, -0.05) is 60.7 Å². The van der Waals surface area contributed by atoms with Crippen LogP contribution in [0.25, 0.3) is 11.3 Å². The molecule has 4 aromatic rings. The van der Waals surface area contributed by atoms with E-state index in [4.69, 9.17) is 5.73 Å². The van der Waals surface area contributed by atoms with Gasteiger partial charge in [-0.25, -0.2) is 4.98 Å². The van der Waals surface area contributed by atoms with E-state index in [-0.39, 0.29) is 6.04 Å². The Kier molecular flexibility index (Phi) is 4.68. The average Bonchev–Trinajstić information content (AvgIpc) is 3.18. The summed E-state index contributed by atoms with van der Waals surface area (Å²) in [7, 11) is 0. The van der Waals surface area contributed by atoms with Crippen molar-refractivity contribution in [2.75, 3.05) is 5.32 Å². The van der Waals surface area contributed by atoms with E-state index < -0.39 is 0 Å². The van der Waals surface area contributed by atoms with Crippen molar-refractivity contribution in [1.82, 2.24) is 15.2 Å². The molecule has 1 unspecified atom stereocenters. The Morgan fingerprint density at radius 1 is 0.846 bits per heavy atom. The molecule has 3 N–H and O–H groups in total. The van der Waals surface area contributed by atoms with E-state index >= 15 is 0 Å². The van der Waals surface area contributed by atoms with Gasteiger partial charge in [0.25, 0.3) is 0 Å². The highest BCUT2D eigenvalue weighted by Crippen LogP contribution is 2.26. The smallest absolute Gasteiger partial charge is 0.188 e. The summed E-state index contributed by atoms with van der Waals surface area (Å²) in [6, 6.07) is 23.5. The second kappa shape index (κ2) is 7.43. The molecule has 26 heavy (non-hydrogen) atoms. The zero-order valence-corrected chi connectivity index (χ0v) is 14.7. The van der Waals surface area contributed by atoms with Gasteiger partial charge in [0.05, 0.1) is 17.4 Å². The molecule has 1 atom stereocenters. The van der Waals surface area contributed by atoms with Crippen LogP contribution in [-0.4, -0.2) is 15.2 Å². The number of hydrogen-bond acceptors (Lipinski definition) is 6. The normalized spacial score (nSPS) is 11.9. The Labute approximate surface area is 155 Å². The monoisotopic (exact) mass is 359 g/mol. The number of anilines is 2. The highest BCUT2D eigenvalue weighted by molar-refractivity contribution is 7.13. The van der Waals surface area contributed by atoms with E-state index in [1.165, 1.54) is 11.3 Å². The van der Waals surface area contributed by atoms with Gasteiger partial charge in [0.1, 0.15) is 0 Å². The van der Waals surface area contributed by atoms with Crippen LogP contribution in [0, 0.1) is 0 Å². The molecule has 2 aromatic heterocycles. The number of aromatic nitrogens is 3. The first kappa shape index (κ1) is 16.4. The molecule has 4 rings (SSSR count). The van der Waals surface area contributed by atoms with E-state index in [2.05, 4.69) is 20.5 Å². The van der Waals surface area contributed by atoms with Gasteiger partial charge in [0.15, 0.2) is 10.9 Å². The SMILES string of the molecule is NC(c1ccccc1)c1csc(Nc2ccc(-c3ccccc3)nn2)n1. The Balaban J connectivity index is 1.47. The summed E-state index contributed by atoms with van der Waals surface area (Å²) in [6.07, 6.45) is 0. The zero-order chi connectivity index (χ0) is 17.8. The molecule has 0 saturated carbocycles. The summed E-state index contributed by atoms with van der Waals surface area (Å²) < 4.78 is 0. The average molecular weight is 359 g/mol. The van der Waals surface area contributed by atoms with Crippen LogP contribution >= 0.6 is 11.3 Å². The Morgan fingerprint density at radius 3 is 2.27 bits per heavy atom. The lowest BCUT2D eigenvalue weighted by atomic mass is 10.1. The molecule has 5 nitrogen and oxygen atoms in total. The second-order valence-electron chi connectivity index (χ2n) is 5.76. The van der Waals surface area contributed by atoms with Crippen molar-refractivity contribution in [3.63, 3.8) is 0 Å². The highest BCUT2D eigenvalue weighted by Gasteiger charge is 2.13. The van der Waals surface area contributed by atoms with Gasteiger partial charge < -0.3 is 11.1 Å². The van der Waals surface area contributed by atoms with Gasteiger partial charge in [0.2, 0.25) is 0 Å². The summed E-state index contributed by atoms with van der Waals surface area (Å²) in [5, 5.41) is 14.4. The van der Waals surface area contributed by atoms with E-state index in [0.717, 1.165) is 27.6 Å². The molecule has 0 radical (unpaired) electrons. The van der Waals surface area contributed by atoms with Crippen LogP contribution in [0.5, 0.6) is 0 Å². The zero-order valence-electron chi connectivity index (χ0n) is 13.9. The number of nitrogens with zero attached hydrogens (tertiary/aromatic N) is 3. The van der Waals surface area contributed by atoms with Crippen LogP contribution in [-0.2, 0) is 0 Å². The summed E-state index contributed by atoms with van der Waals surface area (Å²) >= 11 is 1.50. The fraction of sp³-hybridized carbons (Fsp3) is 0.0500. The quantitative estimate of drug-likeness (QED) is 0.552. The molecule has 0 aliphatic carbocycles. The van der Waals surface area contributed by atoms with E-state index in [1.54, 1.807) is 0 Å². The topological polar surface area (TPSA) is 76.7 Å². The van der Waals surface area contributed by atoms with Crippen LogP contribution < -0.4 is 11.1 Å². The van der Waals surface area contributed by atoms with Gasteiger partial charge in [-0.3, -0.25) is 0 Å². The summed E-state index contributed by atoms with van der Waals surface area (Å²) in [5.74, 6) is 0.652. The molecule has 0 spiro atoms.